The number of hydrogen-bond acceptors (Lipinski definition) is 4. The minimum atomic E-state index is 0.581. The number of rotatable bonds is 9. The molecule has 0 aliphatic heterocycles. The van der Waals surface area contributed by atoms with Gasteiger partial charge in [-0.15, -0.1) is 0 Å². The van der Waals surface area contributed by atoms with Gasteiger partial charge in [-0.3, -0.25) is 4.57 Å². The number of anilines is 1. The van der Waals surface area contributed by atoms with Crippen LogP contribution in [0.15, 0.2) is 36.7 Å². The molecule has 1 aromatic heterocycles. The lowest BCUT2D eigenvalue weighted by Crippen LogP contribution is -2.11. The highest BCUT2D eigenvalue weighted by Gasteiger charge is 2.08. The van der Waals surface area contributed by atoms with Gasteiger partial charge in [-0.1, -0.05) is 18.2 Å². The van der Waals surface area contributed by atoms with Gasteiger partial charge < -0.3 is 14.8 Å². The molecule has 5 nitrogen and oxygen atoms in total. The third-order valence-corrected chi connectivity index (χ3v) is 3.14. The third kappa shape index (κ3) is 4.31. The van der Waals surface area contributed by atoms with Gasteiger partial charge >= 0.3 is 0 Å². The molecule has 0 bridgehead atoms. The van der Waals surface area contributed by atoms with E-state index in [2.05, 4.69) is 27.0 Å². The summed E-state index contributed by atoms with van der Waals surface area (Å²) in [7, 11) is 1.71. The molecule has 0 aliphatic carbocycles. The fourth-order valence-electron chi connectivity index (χ4n) is 2.17. The molecule has 1 aromatic carbocycles. The average Bonchev–Trinajstić information content (AvgIpc) is 2.96. The summed E-state index contributed by atoms with van der Waals surface area (Å²) in [6, 6.07) is 8.18. The molecule has 0 spiro atoms. The Morgan fingerprint density at radius 1 is 1.29 bits per heavy atom. The van der Waals surface area contributed by atoms with Crippen molar-refractivity contribution in [3.05, 3.63) is 42.2 Å². The zero-order valence-corrected chi connectivity index (χ0v) is 12.7. The van der Waals surface area contributed by atoms with Crippen molar-refractivity contribution < 1.29 is 9.47 Å². The van der Waals surface area contributed by atoms with Crippen LogP contribution in [0.3, 0.4) is 0 Å². The molecule has 21 heavy (non-hydrogen) atoms. The zero-order chi connectivity index (χ0) is 14.9. The van der Waals surface area contributed by atoms with Crippen LogP contribution in [0, 0.1) is 0 Å². The van der Waals surface area contributed by atoms with Crippen molar-refractivity contribution in [2.75, 3.05) is 32.2 Å². The van der Waals surface area contributed by atoms with Crippen molar-refractivity contribution in [3.63, 3.8) is 0 Å². The first-order valence-electron chi connectivity index (χ1n) is 7.29. The number of aromatic nitrogens is 2. The van der Waals surface area contributed by atoms with E-state index in [0.717, 1.165) is 43.4 Å². The Balaban J connectivity index is 2.06. The molecular formula is C16H23N3O2. The van der Waals surface area contributed by atoms with Crippen molar-refractivity contribution in [1.82, 2.24) is 9.55 Å². The van der Waals surface area contributed by atoms with Crippen LogP contribution < -0.4 is 5.32 Å². The number of nitrogens with one attached hydrogen (secondary N) is 1. The second kappa shape index (κ2) is 8.44. The van der Waals surface area contributed by atoms with E-state index in [0.29, 0.717) is 6.61 Å². The second-order valence-electron chi connectivity index (χ2n) is 4.66. The Morgan fingerprint density at radius 2 is 2.14 bits per heavy atom. The van der Waals surface area contributed by atoms with Gasteiger partial charge in [-0.2, -0.15) is 0 Å². The van der Waals surface area contributed by atoms with E-state index >= 15 is 0 Å². The molecule has 0 fully saturated rings. The molecule has 1 heterocycles. The molecular weight excluding hydrogens is 266 g/mol. The van der Waals surface area contributed by atoms with E-state index < -0.39 is 0 Å². The molecule has 114 valence electrons. The molecule has 0 atom stereocenters. The lowest BCUT2D eigenvalue weighted by molar-refractivity contribution is 0.147. The average molecular weight is 289 g/mol. The number of para-hydroxylation sites is 1. The molecule has 0 saturated carbocycles. The summed E-state index contributed by atoms with van der Waals surface area (Å²) >= 11 is 0. The van der Waals surface area contributed by atoms with Gasteiger partial charge in [0.15, 0.2) is 0 Å². The summed E-state index contributed by atoms with van der Waals surface area (Å²) in [4.78, 5) is 4.38. The van der Waals surface area contributed by atoms with Crippen molar-refractivity contribution in [1.29, 1.82) is 0 Å². The summed E-state index contributed by atoms with van der Waals surface area (Å²) in [5.74, 6) is 0.843. The van der Waals surface area contributed by atoms with Crippen molar-refractivity contribution in [3.8, 4) is 5.69 Å². The molecule has 0 saturated heterocycles. The van der Waals surface area contributed by atoms with Gasteiger partial charge in [0.1, 0.15) is 0 Å². The normalized spacial score (nSPS) is 10.8. The molecule has 2 rings (SSSR count). The monoisotopic (exact) mass is 289 g/mol. The maximum atomic E-state index is 5.34. The van der Waals surface area contributed by atoms with Gasteiger partial charge in [0.05, 0.1) is 12.3 Å². The highest BCUT2D eigenvalue weighted by Crippen LogP contribution is 2.19. The van der Waals surface area contributed by atoms with Gasteiger partial charge in [0, 0.05) is 44.8 Å². The van der Waals surface area contributed by atoms with Crippen LogP contribution in [0.2, 0.25) is 0 Å². The standard InChI is InChI=1S/C16H23N3O2/c1-3-21-12-6-9-17-16-18-10-11-19(16)15-8-5-4-7-14(15)13-20-2/h4-5,7-8,10-11H,3,6,9,12-13H2,1-2H3,(H,17,18). The fourth-order valence-corrected chi connectivity index (χ4v) is 2.17. The maximum Gasteiger partial charge on any atom is 0.207 e. The predicted molar refractivity (Wildman–Crippen MR) is 83.9 cm³/mol. The summed E-state index contributed by atoms with van der Waals surface area (Å²) < 4.78 is 12.6. The molecule has 0 unspecified atom stereocenters. The molecule has 2 aromatic rings. The lowest BCUT2D eigenvalue weighted by atomic mass is 10.2. The Labute approximate surface area is 125 Å². The van der Waals surface area contributed by atoms with Crippen LogP contribution in [0.4, 0.5) is 5.95 Å². The van der Waals surface area contributed by atoms with Gasteiger partial charge in [-0.25, -0.2) is 4.98 Å². The lowest BCUT2D eigenvalue weighted by Gasteiger charge is -2.13. The number of nitrogens with zero attached hydrogens (tertiary/aromatic N) is 2. The largest absolute Gasteiger partial charge is 0.382 e. The summed E-state index contributed by atoms with van der Waals surface area (Å²) in [6.07, 6.45) is 4.72. The van der Waals surface area contributed by atoms with Gasteiger partial charge in [-0.05, 0) is 19.4 Å². The molecule has 5 heteroatoms. The topological polar surface area (TPSA) is 48.3 Å². The first kappa shape index (κ1) is 15.5. The van der Waals surface area contributed by atoms with E-state index in [4.69, 9.17) is 9.47 Å². The Kier molecular flexibility index (Phi) is 6.24. The van der Waals surface area contributed by atoms with E-state index in [1.54, 1.807) is 13.3 Å². The summed E-state index contributed by atoms with van der Waals surface area (Å²) in [5.41, 5.74) is 2.22. The Hall–Kier alpha value is -1.85. The SMILES string of the molecule is CCOCCCNc1nccn1-c1ccccc1COC. The highest BCUT2D eigenvalue weighted by molar-refractivity contribution is 5.47. The smallest absolute Gasteiger partial charge is 0.207 e. The number of hydrogen-bond donors (Lipinski definition) is 1. The minimum absolute atomic E-state index is 0.581. The highest BCUT2D eigenvalue weighted by atomic mass is 16.5. The summed E-state index contributed by atoms with van der Waals surface area (Å²) in [5, 5.41) is 3.35. The van der Waals surface area contributed by atoms with Crippen LogP contribution in [-0.4, -0.2) is 36.4 Å². The molecule has 0 amide bonds. The van der Waals surface area contributed by atoms with Crippen molar-refractivity contribution >= 4 is 5.95 Å². The fraction of sp³-hybridized carbons (Fsp3) is 0.438. The number of ether oxygens (including phenoxy) is 2. The predicted octanol–water partition coefficient (Wildman–Crippen LogP) is 2.86. The maximum absolute atomic E-state index is 5.34. The third-order valence-electron chi connectivity index (χ3n) is 3.14. The summed E-state index contributed by atoms with van der Waals surface area (Å²) in [6.45, 7) is 4.96. The second-order valence-corrected chi connectivity index (χ2v) is 4.66. The van der Waals surface area contributed by atoms with E-state index in [9.17, 15) is 0 Å². The van der Waals surface area contributed by atoms with E-state index in [1.807, 2.05) is 25.3 Å². The van der Waals surface area contributed by atoms with E-state index in [-0.39, 0.29) is 0 Å². The van der Waals surface area contributed by atoms with Crippen molar-refractivity contribution in [2.24, 2.45) is 0 Å². The van der Waals surface area contributed by atoms with E-state index in [1.165, 1.54) is 0 Å². The molecule has 0 aliphatic rings. The van der Waals surface area contributed by atoms with Gasteiger partial charge in [0.2, 0.25) is 5.95 Å². The Bertz CT molecular complexity index is 540. The number of imidazole rings is 1. The Morgan fingerprint density at radius 3 is 2.95 bits per heavy atom. The quantitative estimate of drug-likeness (QED) is 0.721. The number of benzene rings is 1. The first-order valence-corrected chi connectivity index (χ1v) is 7.29. The first-order chi connectivity index (χ1) is 10.4. The zero-order valence-electron chi connectivity index (χ0n) is 12.7. The van der Waals surface area contributed by atoms with Crippen LogP contribution in [-0.2, 0) is 16.1 Å². The number of methoxy groups -OCH3 is 1. The van der Waals surface area contributed by atoms with Crippen LogP contribution in [0.25, 0.3) is 5.69 Å². The molecule has 0 radical (unpaired) electrons. The van der Waals surface area contributed by atoms with Gasteiger partial charge in [0.25, 0.3) is 0 Å². The van der Waals surface area contributed by atoms with Crippen LogP contribution >= 0.6 is 0 Å². The van der Waals surface area contributed by atoms with Crippen LogP contribution in [0.5, 0.6) is 0 Å². The van der Waals surface area contributed by atoms with Crippen LogP contribution in [0.1, 0.15) is 18.9 Å². The van der Waals surface area contributed by atoms with Crippen molar-refractivity contribution in [2.45, 2.75) is 20.0 Å². The molecule has 1 N–H and O–H groups in total. The minimum Gasteiger partial charge on any atom is -0.382 e.